The Labute approximate surface area is 489 Å². The summed E-state index contributed by atoms with van der Waals surface area (Å²) in [6.45, 7) is 2.89. The average molecular weight is 1320 g/mol. The predicted octanol–water partition coefficient (Wildman–Crippen LogP) is 7.22. The Bertz CT molecular complexity index is 4300. The molecule has 0 heterocycles. The van der Waals surface area contributed by atoms with Crippen LogP contribution in [-0.4, -0.2) is 135 Å². The third kappa shape index (κ3) is 24.9. The number of rotatable bonds is 15. The van der Waals surface area contributed by atoms with E-state index >= 15 is 0 Å². The Morgan fingerprint density at radius 1 is 0.318 bits per heavy atom. The third-order valence-electron chi connectivity index (χ3n) is 10.2. The van der Waals surface area contributed by atoms with Gasteiger partial charge in [0.1, 0.15) is 44.3 Å². The zero-order valence-electron chi connectivity index (χ0n) is 45.0. The molecule has 85 heavy (non-hydrogen) atoms. The lowest BCUT2D eigenvalue weighted by molar-refractivity contribution is 0.103. The largest absolute Gasteiger partial charge is 0.497 e. The molecule has 0 unspecified atom stereocenters. The van der Waals surface area contributed by atoms with Gasteiger partial charge >= 0.3 is 0 Å². The van der Waals surface area contributed by atoms with Crippen molar-refractivity contribution in [3.63, 3.8) is 0 Å². The molecule has 0 amide bonds. The zero-order valence-corrected chi connectivity index (χ0v) is 50.7. The van der Waals surface area contributed by atoms with Gasteiger partial charge in [-0.1, -0.05) is 48.5 Å². The van der Waals surface area contributed by atoms with Gasteiger partial charge in [-0.3, -0.25) is 41.5 Å². The average Bonchev–Trinajstić information content (AvgIpc) is 2.71. The maximum absolute atomic E-state index is 13.0. The van der Waals surface area contributed by atoms with Crippen LogP contribution in [0.2, 0.25) is 0 Å². The van der Waals surface area contributed by atoms with E-state index in [1.165, 1.54) is 81.6 Å². The molecule has 7 rings (SSSR count). The van der Waals surface area contributed by atoms with Crippen molar-refractivity contribution in [1.82, 2.24) is 0 Å². The number of carbonyl (C=O) groups excluding carboxylic acids is 2. The van der Waals surface area contributed by atoms with E-state index < -0.39 is 102 Å². The fraction of sp³-hybridized carbons (Fsp3) is 0.137. The third-order valence-corrected chi connectivity index (χ3v) is 14.0. The summed E-state index contributed by atoms with van der Waals surface area (Å²) in [7, 11) is -26.7. The van der Waals surface area contributed by atoms with Gasteiger partial charge in [-0.05, 0) is 133 Å². The smallest absolute Gasteiger partial charge is 0.298 e. The summed E-state index contributed by atoms with van der Waals surface area (Å²) >= 11 is 0. The molecular formula is C51H52O27S7. The van der Waals surface area contributed by atoms with Crippen LogP contribution in [0.25, 0.3) is 11.1 Å². The number of methoxy groups -OCH3 is 2. The standard InChI is InChI=1S/C27H22O9S2.C21H18O9S2.3CH4O3S/c1-17-3-4-20(15-25(17)37(29,30)31)27(28)21-9-14-24(26(16-21)38(32,33)34)36-23-12-7-19(8-13-23)18-5-10-22(35-2)11-6-18;1-13-3-4-14(11-19(13)31(23,24)25)21(22)15-5-10-18(20(12-15)32(26,27)28)30-17-8-6-16(29-2)7-9-17;3*1-5(2,3)4/h3-16H,1-2H3,(H,29,30,31)(H,32,33,34);3-12H,1-2H3,(H,23,24,25)(H,26,27,28);3*1H3,(H,2,3,4). The van der Waals surface area contributed by atoms with Crippen molar-refractivity contribution in [1.29, 1.82) is 0 Å². The second-order valence-electron chi connectivity index (χ2n) is 17.2. The Morgan fingerprint density at radius 3 is 0.776 bits per heavy atom. The minimum atomic E-state index is -4.81. The molecular weight excluding hydrogens is 1270 g/mol. The molecule has 0 aliphatic carbocycles. The topological polar surface area (TPSA) is 452 Å². The lowest BCUT2D eigenvalue weighted by Crippen LogP contribution is -2.08. The summed E-state index contributed by atoms with van der Waals surface area (Å²) in [5.41, 5.74) is 1.75. The summed E-state index contributed by atoms with van der Waals surface area (Å²) in [6.07, 6.45) is 2.15. The fourth-order valence-electron chi connectivity index (χ4n) is 6.64. The summed E-state index contributed by atoms with van der Waals surface area (Å²) in [5.74, 6) is -0.0922. The number of ether oxygens (including phenoxy) is 4. The maximum atomic E-state index is 13.0. The van der Waals surface area contributed by atoms with Gasteiger partial charge < -0.3 is 18.9 Å². The number of hydrogen-bond acceptors (Lipinski definition) is 20. The van der Waals surface area contributed by atoms with Crippen LogP contribution >= 0.6 is 0 Å². The molecule has 34 heteroatoms. The van der Waals surface area contributed by atoms with Crippen LogP contribution in [0.5, 0.6) is 34.5 Å². The van der Waals surface area contributed by atoms with Crippen molar-refractivity contribution in [2.75, 3.05) is 33.0 Å². The Hall–Kier alpha value is -7.55. The molecule has 0 bridgehead atoms. The summed E-state index contributed by atoms with van der Waals surface area (Å²) in [6, 6.07) is 34.6. The normalized spacial score (nSPS) is 11.7. The number of benzene rings is 7. The Kier molecular flexibility index (Phi) is 24.5. The second kappa shape index (κ2) is 29.0. The molecule has 460 valence electrons. The zero-order chi connectivity index (χ0) is 64.8. The molecule has 0 aromatic heterocycles. The summed E-state index contributed by atoms with van der Waals surface area (Å²) < 4.78 is 232. The lowest BCUT2D eigenvalue weighted by atomic mass is 10.0. The van der Waals surface area contributed by atoms with E-state index in [0.717, 1.165) is 41.1 Å². The van der Waals surface area contributed by atoms with Crippen molar-refractivity contribution in [3.8, 4) is 45.6 Å². The molecule has 7 N–H and O–H groups in total. The molecule has 0 spiro atoms. The van der Waals surface area contributed by atoms with Gasteiger partial charge in [0.25, 0.3) is 70.8 Å². The van der Waals surface area contributed by atoms with Gasteiger partial charge in [0.15, 0.2) is 11.6 Å². The minimum Gasteiger partial charge on any atom is -0.497 e. The second-order valence-corrected chi connectivity index (χ2v) is 27.1. The van der Waals surface area contributed by atoms with E-state index in [0.29, 0.717) is 24.5 Å². The number of ketones is 2. The van der Waals surface area contributed by atoms with Gasteiger partial charge in [-0.2, -0.15) is 58.9 Å². The first kappa shape index (κ1) is 71.7. The maximum Gasteiger partial charge on any atom is 0.298 e. The SMILES string of the molecule is COc1ccc(-c2ccc(Oc3ccc(C(=O)c4ccc(C)c(S(=O)(=O)O)c4)cc3S(=O)(=O)O)cc2)cc1.COc1ccc(Oc2ccc(C(=O)c3ccc(C)c(S(=O)(=O)O)c3)cc2S(=O)(=O)O)cc1.CS(=O)(=O)O.CS(=O)(=O)O.CS(=O)(=O)O. The minimum absolute atomic E-state index is 0.103. The number of hydrogen-bond donors (Lipinski definition) is 7. The molecule has 0 aliphatic heterocycles. The molecule has 0 saturated heterocycles. The molecule has 0 aliphatic rings. The van der Waals surface area contributed by atoms with E-state index in [2.05, 4.69) is 0 Å². The van der Waals surface area contributed by atoms with Crippen molar-refractivity contribution in [2.24, 2.45) is 0 Å². The van der Waals surface area contributed by atoms with Gasteiger partial charge in [0.2, 0.25) is 0 Å². The highest BCUT2D eigenvalue weighted by Gasteiger charge is 2.25. The fourth-order valence-corrected chi connectivity index (χ4v) is 9.42. The van der Waals surface area contributed by atoms with Crippen molar-refractivity contribution < 1.29 is 119 Å². The van der Waals surface area contributed by atoms with E-state index in [4.69, 9.17) is 32.6 Å². The van der Waals surface area contributed by atoms with Crippen LogP contribution in [0.1, 0.15) is 43.0 Å². The molecule has 0 saturated carbocycles. The number of carbonyl (C=O) groups is 2. The van der Waals surface area contributed by atoms with E-state index in [1.54, 1.807) is 43.5 Å². The summed E-state index contributed by atoms with van der Waals surface area (Å²) in [4.78, 5) is 23.7. The van der Waals surface area contributed by atoms with Crippen LogP contribution in [0.3, 0.4) is 0 Å². The first-order chi connectivity index (χ1) is 38.8. The molecule has 7 aromatic rings. The predicted molar refractivity (Wildman–Crippen MR) is 305 cm³/mol. The van der Waals surface area contributed by atoms with Crippen LogP contribution in [0.4, 0.5) is 0 Å². The van der Waals surface area contributed by atoms with E-state index in [9.17, 15) is 86.7 Å². The molecule has 7 aromatic carbocycles. The van der Waals surface area contributed by atoms with Gasteiger partial charge in [-0.25, -0.2) is 0 Å². The van der Waals surface area contributed by atoms with E-state index in [-0.39, 0.29) is 56.4 Å². The molecule has 0 fully saturated rings. The highest BCUT2D eigenvalue weighted by atomic mass is 32.2. The van der Waals surface area contributed by atoms with Crippen LogP contribution in [-0.2, 0) is 70.8 Å². The van der Waals surface area contributed by atoms with Gasteiger partial charge in [-0.15, -0.1) is 0 Å². The van der Waals surface area contributed by atoms with Crippen LogP contribution in [0.15, 0.2) is 165 Å². The van der Waals surface area contributed by atoms with Crippen molar-refractivity contribution in [2.45, 2.75) is 33.4 Å². The highest BCUT2D eigenvalue weighted by Crippen LogP contribution is 2.34. The lowest BCUT2D eigenvalue weighted by Gasteiger charge is -2.12. The van der Waals surface area contributed by atoms with Gasteiger partial charge in [0, 0.05) is 22.3 Å². The summed E-state index contributed by atoms with van der Waals surface area (Å²) in [5, 5.41) is 0. The van der Waals surface area contributed by atoms with Crippen LogP contribution < -0.4 is 18.9 Å². The Balaban J connectivity index is 0.000000362. The van der Waals surface area contributed by atoms with Crippen molar-refractivity contribution >= 4 is 82.4 Å². The van der Waals surface area contributed by atoms with Crippen LogP contribution in [0, 0.1) is 13.8 Å². The highest BCUT2D eigenvalue weighted by molar-refractivity contribution is 7.87. The van der Waals surface area contributed by atoms with E-state index in [1.807, 2.05) is 24.3 Å². The van der Waals surface area contributed by atoms with Gasteiger partial charge in [0.05, 0.1) is 42.8 Å². The monoisotopic (exact) mass is 1320 g/mol. The first-order valence-electron chi connectivity index (χ1n) is 22.8. The first-order valence-corrected chi connectivity index (χ1v) is 34.1. The molecule has 0 radical (unpaired) electrons. The molecule has 0 atom stereocenters. The molecule has 27 nitrogen and oxygen atoms in total. The van der Waals surface area contributed by atoms with Crippen molar-refractivity contribution in [3.05, 3.63) is 179 Å². The number of aryl methyl sites for hydroxylation is 2. The Morgan fingerprint density at radius 2 is 0.529 bits per heavy atom. The quantitative estimate of drug-likeness (QED) is 0.0393.